The maximum Gasteiger partial charge on any atom is 0.243 e. The zero-order valence-electron chi connectivity index (χ0n) is 15.8. The van der Waals surface area contributed by atoms with E-state index < -0.39 is 10.0 Å². The highest BCUT2D eigenvalue weighted by Gasteiger charge is 2.27. The van der Waals surface area contributed by atoms with Gasteiger partial charge in [-0.2, -0.15) is 4.31 Å². The lowest BCUT2D eigenvalue weighted by molar-refractivity contribution is -0.116. The lowest BCUT2D eigenvalue weighted by Gasteiger charge is -2.20. The van der Waals surface area contributed by atoms with Crippen molar-refractivity contribution in [2.24, 2.45) is 0 Å². The summed E-state index contributed by atoms with van der Waals surface area (Å²) in [5, 5.41) is 0. The quantitative estimate of drug-likeness (QED) is 0.763. The highest BCUT2D eigenvalue weighted by molar-refractivity contribution is 7.89. The average Bonchev–Trinajstić information content (AvgIpc) is 3.07. The number of fused-ring (bicyclic) bond motifs is 1. The molecule has 1 aliphatic rings. The van der Waals surface area contributed by atoms with Crippen molar-refractivity contribution in [3.8, 4) is 5.75 Å². The minimum Gasteiger partial charge on any atom is -0.494 e. The van der Waals surface area contributed by atoms with Gasteiger partial charge in [-0.25, -0.2) is 8.42 Å². The van der Waals surface area contributed by atoms with E-state index in [2.05, 4.69) is 0 Å². The summed E-state index contributed by atoms with van der Waals surface area (Å²) in [6.45, 7) is 4.74. The van der Waals surface area contributed by atoms with Crippen molar-refractivity contribution in [1.82, 2.24) is 4.31 Å². The molecule has 0 N–H and O–H groups in total. The van der Waals surface area contributed by atoms with Gasteiger partial charge in [-0.15, -0.1) is 0 Å². The summed E-state index contributed by atoms with van der Waals surface area (Å²) in [6.07, 6.45) is 0.662. The van der Waals surface area contributed by atoms with Crippen molar-refractivity contribution < 1.29 is 17.9 Å². The Labute approximate surface area is 160 Å². The van der Waals surface area contributed by atoms with Gasteiger partial charge < -0.3 is 9.64 Å². The largest absolute Gasteiger partial charge is 0.494 e. The van der Waals surface area contributed by atoms with Gasteiger partial charge in [0.2, 0.25) is 15.9 Å². The maximum absolute atomic E-state index is 13.0. The van der Waals surface area contributed by atoms with E-state index in [1.165, 1.54) is 11.2 Å². The Morgan fingerprint density at radius 1 is 1.22 bits per heavy atom. The first-order valence-corrected chi connectivity index (χ1v) is 10.4. The molecule has 0 saturated heterocycles. The van der Waals surface area contributed by atoms with Crippen LogP contribution in [0.4, 0.5) is 5.69 Å². The topological polar surface area (TPSA) is 66.9 Å². The van der Waals surface area contributed by atoms with Crippen LogP contribution >= 0.6 is 0 Å². The minimum absolute atomic E-state index is 0.0333. The Bertz CT molecular complexity index is 956. The summed E-state index contributed by atoms with van der Waals surface area (Å²) in [6, 6.07) is 12.4. The third kappa shape index (κ3) is 3.84. The Hall–Kier alpha value is -2.38. The van der Waals surface area contributed by atoms with Gasteiger partial charge in [-0.1, -0.05) is 18.2 Å². The lowest BCUT2D eigenvalue weighted by Crippen LogP contribution is -2.27. The van der Waals surface area contributed by atoms with Gasteiger partial charge in [0.25, 0.3) is 0 Å². The van der Waals surface area contributed by atoms with E-state index in [9.17, 15) is 13.2 Å². The fourth-order valence-electron chi connectivity index (χ4n) is 3.30. The number of hydrogen-bond acceptors (Lipinski definition) is 4. The van der Waals surface area contributed by atoms with Crippen LogP contribution in [0.25, 0.3) is 0 Å². The van der Waals surface area contributed by atoms with Gasteiger partial charge in [0, 0.05) is 38.3 Å². The number of ether oxygens (including phenoxy) is 1. The molecule has 7 heteroatoms. The third-order valence-corrected chi connectivity index (χ3v) is 6.50. The molecule has 0 atom stereocenters. The number of nitrogens with zero attached hydrogens (tertiary/aromatic N) is 2. The number of sulfonamides is 1. The Balaban J connectivity index is 1.86. The Kier molecular flexibility index (Phi) is 5.53. The summed E-state index contributed by atoms with van der Waals surface area (Å²) in [5.74, 6) is 0.655. The van der Waals surface area contributed by atoms with E-state index in [0.29, 0.717) is 25.3 Å². The summed E-state index contributed by atoms with van der Waals surface area (Å²) in [5.41, 5.74) is 2.49. The second-order valence-corrected chi connectivity index (χ2v) is 8.56. The number of carbonyl (C=O) groups is 1. The Morgan fingerprint density at radius 2 is 1.96 bits per heavy atom. The van der Waals surface area contributed by atoms with Gasteiger partial charge in [0.1, 0.15) is 5.75 Å². The van der Waals surface area contributed by atoms with Crippen LogP contribution in [0, 0.1) is 0 Å². The zero-order chi connectivity index (χ0) is 19.6. The molecule has 0 aliphatic carbocycles. The molecule has 0 fully saturated rings. The van der Waals surface area contributed by atoms with E-state index >= 15 is 0 Å². The fourth-order valence-corrected chi connectivity index (χ4v) is 4.50. The van der Waals surface area contributed by atoms with Gasteiger partial charge in [-0.05, 0) is 43.2 Å². The van der Waals surface area contributed by atoms with Gasteiger partial charge in [0.05, 0.1) is 11.5 Å². The van der Waals surface area contributed by atoms with Crippen LogP contribution in [-0.4, -0.2) is 38.8 Å². The van der Waals surface area contributed by atoms with Gasteiger partial charge >= 0.3 is 0 Å². The molecule has 0 unspecified atom stereocenters. The molecule has 0 saturated carbocycles. The van der Waals surface area contributed by atoms with E-state index in [0.717, 1.165) is 16.8 Å². The first-order valence-electron chi connectivity index (χ1n) is 8.92. The first kappa shape index (κ1) is 19.4. The maximum atomic E-state index is 13.0. The fraction of sp³-hybridized carbons (Fsp3) is 0.350. The van der Waals surface area contributed by atoms with Crippen LogP contribution in [0.1, 0.15) is 25.0 Å². The lowest BCUT2D eigenvalue weighted by atomic mass is 10.2. The normalized spacial score (nSPS) is 13.7. The van der Waals surface area contributed by atoms with E-state index in [4.69, 9.17) is 4.74 Å². The van der Waals surface area contributed by atoms with Crippen LogP contribution in [-0.2, 0) is 27.8 Å². The number of para-hydroxylation sites is 1. The molecule has 1 aliphatic heterocycles. The standard InChI is InChI=1S/C20H24N2O4S/c1-4-26-20-8-6-5-7-17(20)14-21(3)27(24,25)18-9-10-19-16(13-18)11-12-22(19)15(2)23/h5-10,13H,4,11-12,14H2,1-3H3. The van der Waals surface area contributed by atoms with Crippen molar-refractivity contribution >= 4 is 21.6 Å². The number of benzene rings is 2. The molecular formula is C20H24N2O4S. The van der Waals surface area contributed by atoms with E-state index in [-0.39, 0.29) is 17.3 Å². The SMILES string of the molecule is CCOc1ccccc1CN(C)S(=O)(=O)c1ccc2c(c1)CCN2C(C)=O. The number of anilines is 1. The molecule has 3 rings (SSSR count). The molecule has 0 aromatic heterocycles. The van der Waals surface area contributed by atoms with Crippen LogP contribution in [0.15, 0.2) is 47.4 Å². The molecule has 1 heterocycles. The number of carbonyl (C=O) groups excluding carboxylic acids is 1. The van der Waals surface area contributed by atoms with Gasteiger partial charge in [-0.3, -0.25) is 4.79 Å². The molecule has 1 amide bonds. The van der Waals surface area contributed by atoms with Gasteiger partial charge in [0.15, 0.2) is 0 Å². The van der Waals surface area contributed by atoms with Crippen molar-refractivity contribution in [2.75, 3.05) is 25.1 Å². The highest BCUT2D eigenvalue weighted by atomic mass is 32.2. The van der Waals surface area contributed by atoms with Crippen LogP contribution in [0.3, 0.4) is 0 Å². The monoisotopic (exact) mass is 388 g/mol. The van der Waals surface area contributed by atoms with Crippen LogP contribution in [0.2, 0.25) is 0 Å². The highest BCUT2D eigenvalue weighted by Crippen LogP contribution is 2.31. The molecule has 0 radical (unpaired) electrons. The predicted octanol–water partition coefficient (Wildman–Crippen LogP) is 2.82. The Morgan fingerprint density at radius 3 is 2.67 bits per heavy atom. The summed E-state index contributed by atoms with van der Waals surface area (Å²) < 4.78 is 33.0. The van der Waals surface area contributed by atoms with Crippen molar-refractivity contribution in [1.29, 1.82) is 0 Å². The zero-order valence-corrected chi connectivity index (χ0v) is 16.6. The number of hydrogen-bond donors (Lipinski definition) is 0. The van der Waals surface area contributed by atoms with Crippen LogP contribution in [0.5, 0.6) is 5.75 Å². The minimum atomic E-state index is -3.65. The van der Waals surface area contributed by atoms with Crippen molar-refractivity contribution in [3.05, 3.63) is 53.6 Å². The molecule has 0 spiro atoms. The molecule has 27 heavy (non-hydrogen) atoms. The first-order chi connectivity index (χ1) is 12.8. The average molecular weight is 388 g/mol. The second-order valence-electron chi connectivity index (χ2n) is 6.51. The molecule has 2 aromatic rings. The van der Waals surface area contributed by atoms with E-state index in [1.807, 2.05) is 31.2 Å². The smallest absolute Gasteiger partial charge is 0.243 e. The molecule has 0 bridgehead atoms. The number of amides is 1. The number of rotatable bonds is 6. The second kappa shape index (κ2) is 7.70. The molecule has 6 nitrogen and oxygen atoms in total. The molecule has 2 aromatic carbocycles. The van der Waals surface area contributed by atoms with Crippen molar-refractivity contribution in [2.45, 2.75) is 31.7 Å². The van der Waals surface area contributed by atoms with E-state index in [1.54, 1.807) is 30.1 Å². The summed E-state index contributed by atoms with van der Waals surface area (Å²) in [4.78, 5) is 13.6. The molecular weight excluding hydrogens is 364 g/mol. The third-order valence-electron chi connectivity index (χ3n) is 4.70. The summed E-state index contributed by atoms with van der Waals surface area (Å²) in [7, 11) is -2.09. The summed E-state index contributed by atoms with van der Waals surface area (Å²) >= 11 is 0. The molecule has 144 valence electrons. The van der Waals surface area contributed by atoms with Crippen LogP contribution < -0.4 is 9.64 Å². The van der Waals surface area contributed by atoms with Crippen molar-refractivity contribution in [3.63, 3.8) is 0 Å². The predicted molar refractivity (Wildman–Crippen MR) is 104 cm³/mol.